The predicted octanol–water partition coefficient (Wildman–Crippen LogP) is 4.18. The lowest BCUT2D eigenvalue weighted by Gasteiger charge is -2.10. The molecule has 0 aliphatic carbocycles. The van der Waals surface area contributed by atoms with Crippen molar-refractivity contribution in [3.63, 3.8) is 0 Å². The van der Waals surface area contributed by atoms with Crippen LogP contribution < -0.4 is 11.1 Å². The molecule has 3 aromatic heterocycles. The van der Waals surface area contributed by atoms with Crippen LogP contribution in [0.1, 0.15) is 31.0 Å². The molecule has 0 spiro atoms. The molecule has 7 nitrogen and oxygen atoms in total. The van der Waals surface area contributed by atoms with Crippen LogP contribution >= 0.6 is 0 Å². The van der Waals surface area contributed by atoms with Crippen molar-refractivity contribution >= 4 is 28.4 Å². The normalized spacial score (nSPS) is 11.3. The zero-order valence-electron chi connectivity index (χ0n) is 16.4. The molecule has 0 radical (unpaired) electrons. The maximum absolute atomic E-state index is 5.69. The lowest BCUT2D eigenvalue weighted by molar-refractivity contribution is 0.677. The van der Waals surface area contributed by atoms with Gasteiger partial charge in [0.1, 0.15) is 5.82 Å². The molecule has 7 heteroatoms. The molecule has 28 heavy (non-hydrogen) atoms. The lowest BCUT2D eigenvalue weighted by atomic mass is 10.0. The van der Waals surface area contributed by atoms with E-state index < -0.39 is 0 Å². The highest BCUT2D eigenvalue weighted by Gasteiger charge is 2.15. The van der Waals surface area contributed by atoms with Gasteiger partial charge in [-0.1, -0.05) is 19.9 Å². The Hall–Kier alpha value is -3.48. The second-order valence-corrected chi connectivity index (χ2v) is 7.22. The summed E-state index contributed by atoms with van der Waals surface area (Å²) in [5.41, 5.74) is 11.4. The topological polar surface area (TPSA) is 94.5 Å². The van der Waals surface area contributed by atoms with Crippen molar-refractivity contribution in [2.45, 2.75) is 26.7 Å². The van der Waals surface area contributed by atoms with E-state index in [1.54, 1.807) is 18.3 Å². The molecule has 0 amide bonds. The van der Waals surface area contributed by atoms with Gasteiger partial charge in [0, 0.05) is 29.9 Å². The molecule has 3 N–H and O–H groups in total. The summed E-state index contributed by atoms with van der Waals surface area (Å²) in [6, 6.07) is 9.86. The van der Waals surface area contributed by atoms with Crippen LogP contribution in [0, 0.1) is 6.92 Å². The lowest BCUT2D eigenvalue weighted by Crippen LogP contribution is -2.02. The van der Waals surface area contributed by atoms with Crippen LogP contribution in [0.3, 0.4) is 0 Å². The average Bonchev–Trinajstić information content (AvgIpc) is 3.00. The van der Waals surface area contributed by atoms with E-state index in [1.165, 1.54) is 5.69 Å². The van der Waals surface area contributed by atoms with Crippen LogP contribution in [-0.4, -0.2) is 24.7 Å². The number of hydrogen-bond acceptors (Lipinski definition) is 6. The van der Waals surface area contributed by atoms with Crippen molar-refractivity contribution in [3.8, 4) is 11.3 Å². The van der Waals surface area contributed by atoms with Crippen LogP contribution in [0.4, 0.5) is 17.5 Å². The first-order valence-corrected chi connectivity index (χ1v) is 9.21. The Bertz CT molecular complexity index is 1140. The zero-order chi connectivity index (χ0) is 19.8. The number of hydrogen-bond donors (Lipinski definition) is 2. The van der Waals surface area contributed by atoms with E-state index in [2.05, 4.69) is 46.4 Å². The summed E-state index contributed by atoms with van der Waals surface area (Å²) in [6.07, 6.45) is 3.42. The van der Waals surface area contributed by atoms with E-state index in [4.69, 9.17) is 10.7 Å². The highest BCUT2D eigenvalue weighted by Crippen LogP contribution is 2.30. The minimum Gasteiger partial charge on any atom is -0.397 e. The fraction of sp³-hybridized carbons (Fsp3) is 0.238. The number of nitrogens with one attached hydrogen (secondary N) is 1. The van der Waals surface area contributed by atoms with Crippen molar-refractivity contribution in [1.82, 2.24) is 24.7 Å². The van der Waals surface area contributed by atoms with E-state index in [1.807, 2.05) is 30.9 Å². The van der Waals surface area contributed by atoms with Gasteiger partial charge in [0.15, 0.2) is 0 Å². The summed E-state index contributed by atoms with van der Waals surface area (Å²) >= 11 is 0. The number of benzene rings is 1. The maximum atomic E-state index is 5.69. The van der Waals surface area contributed by atoms with Gasteiger partial charge >= 0.3 is 0 Å². The Morgan fingerprint density at radius 1 is 1.07 bits per heavy atom. The third-order valence-electron chi connectivity index (χ3n) is 4.70. The molecule has 0 aliphatic rings. The number of aryl methyl sites for hydroxylation is 2. The SMILES string of the molecule is Cc1cnc(Nc2ccc(N)cn2)nc1-c1ccc2nn(C)c(C(C)C)c2c1. The summed E-state index contributed by atoms with van der Waals surface area (Å²) < 4.78 is 1.96. The molecule has 0 bridgehead atoms. The zero-order valence-corrected chi connectivity index (χ0v) is 16.4. The summed E-state index contributed by atoms with van der Waals surface area (Å²) in [6.45, 7) is 6.37. The van der Waals surface area contributed by atoms with Gasteiger partial charge in [0.05, 0.1) is 23.1 Å². The molecule has 142 valence electrons. The standard InChI is InChI=1S/C21H23N7/c1-12(2)20-16-9-14(5-7-17(16)27-28(20)4)19-13(3)10-24-21(26-19)25-18-8-6-15(22)11-23-18/h5-12H,22H2,1-4H3,(H,23,24,25,26). The molecular weight excluding hydrogens is 350 g/mol. The summed E-state index contributed by atoms with van der Waals surface area (Å²) in [5, 5.41) is 8.91. The van der Waals surface area contributed by atoms with E-state index in [0.717, 1.165) is 27.7 Å². The largest absolute Gasteiger partial charge is 0.397 e. The van der Waals surface area contributed by atoms with Crippen LogP contribution in [0.5, 0.6) is 0 Å². The molecule has 0 unspecified atom stereocenters. The molecule has 4 rings (SSSR count). The molecular formula is C21H23N7. The van der Waals surface area contributed by atoms with Gasteiger partial charge in [0.25, 0.3) is 0 Å². The quantitative estimate of drug-likeness (QED) is 0.557. The Morgan fingerprint density at radius 3 is 2.61 bits per heavy atom. The third-order valence-corrected chi connectivity index (χ3v) is 4.70. The van der Waals surface area contributed by atoms with Gasteiger partial charge in [-0.25, -0.2) is 15.0 Å². The monoisotopic (exact) mass is 373 g/mol. The van der Waals surface area contributed by atoms with E-state index in [9.17, 15) is 0 Å². The van der Waals surface area contributed by atoms with Gasteiger partial charge in [-0.3, -0.25) is 4.68 Å². The molecule has 0 atom stereocenters. The molecule has 0 fully saturated rings. The third kappa shape index (κ3) is 3.26. The first kappa shape index (κ1) is 17.9. The van der Waals surface area contributed by atoms with Gasteiger partial charge in [0.2, 0.25) is 5.95 Å². The molecule has 1 aromatic carbocycles. The summed E-state index contributed by atoms with van der Waals surface area (Å²) in [5.74, 6) is 1.52. The number of nitrogen functional groups attached to an aromatic ring is 1. The number of fused-ring (bicyclic) bond motifs is 1. The van der Waals surface area contributed by atoms with Crippen LogP contribution in [0.2, 0.25) is 0 Å². The van der Waals surface area contributed by atoms with Gasteiger partial charge in [-0.2, -0.15) is 5.10 Å². The Labute approximate surface area is 163 Å². The number of nitrogens with two attached hydrogens (primary N) is 1. The molecule has 0 aliphatic heterocycles. The highest BCUT2D eigenvalue weighted by atomic mass is 15.3. The fourth-order valence-electron chi connectivity index (χ4n) is 3.44. The van der Waals surface area contributed by atoms with Crippen LogP contribution in [0.25, 0.3) is 22.2 Å². The first-order chi connectivity index (χ1) is 13.4. The van der Waals surface area contributed by atoms with Crippen LogP contribution in [-0.2, 0) is 7.05 Å². The van der Waals surface area contributed by atoms with Gasteiger partial charge in [-0.05, 0) is 42.7 Å². The number of anilines is 3. The van der Waals surface area contributed by atoms with Crippen molar-refractivity contribution < 1.29 is 0 Å². The van der Waals surface area contributed by atoms with Gasteiger partial charge < -0.3 is 11.1 Å². The minimum absolute atomic E-state index is 0.380. The smallest absolute Gasteiger partial charge is 0.228 e. The van der Waals surface area contributed by atoms with E-state index in [0.29, 0.717) is 23.4 Å². The van der Waals surface area contributed by atoms with Crippen molar-refractivity contribution in [1.29, 1.82) is 0 Å². The van der Waals surface area contributed by atoms with Crippen molar-refractivity contribution in [2.24, 2.45) is 7.05 Å². The maximum Gasteiger partial charge on any atom is 0.228 e. The summed E-state index contributed by atoms with van der Waals surface area (Å²) in [7, 11) is 1.99. The minimum atomic E-state index is 0.380. The second-order valence-electron chi connectivity index (χ2n) is 7.22. The number of aromatic nitrogens is 5. The second kappa shape index (κ2) is 6.92. The molecule has 4 aromatic rings. The first-order valence-electron chi connectivity index (χ1n) is 9.21. The molecule has 0 saturated carbocycles. The fourth-order valence-corrected chi connectivity index (χ4v) is 3.44. The van der Waals surface area contributed by atoms with Crippen molar-refractivity contribution in [2.75, 3.05) is 11.1 Å². The van der Waals surface area contributed by atoms with Gasteiger partial charge in [-0.15, -0.1) is 0 Å². The number of rotatable bonds is 4. The number of nitrogens with zero attached hydrogens (tertiary/aromatic N) is 5. The molecule has 0 saturated heterocycles. The van der Waals surface area contributed by atoms with E-state index >= 15 is 0 Å². The van der Waals surface area contributed by atoms with Crippen molar-refractivity contribution in [3.05, 3.63) is 54.0 Å². The van der Waals surface area contributed by atoms with E-state index in [-0.39, 0.29) is 0 Å². The predicted molar refractivity (Wildman–Crippen MR) is 112 cm³/mol. The van der Waals surface area contributed by atoms with Crippen LogP contribution in [0.15, 0.2) is 42.7 Å². The Kier molecular flexibility index (Phi) is 4.43. The number of pyridine rings is 1. The average molecular weight is 373 g/mol. The Morgan fingerprint density at radius 2 is 1.89 bits per heavy atom. The highest BCUT2D eigenvalue weighted by molar-refractivity contribution is 5.87. The Balaban J connectivity index is 1.76. The summed E-state index contributed by atoms with van der Waals surface area (Å²) in [4.78, 5) is 13.4. The molecule has 3 heterocycles.